The third-order valence-corrected chi connectivity index (χ3v) is 3.43. The average molecular weight is 385 g/mol. The molecular formula is C19H19N3O6. The Balaban J connectivity index is 1.93. The number of aromatic nitrogens is 1. The van der Waals surface area contributed by atoms with Gasteiger partial charge in [0.2, 0.25) is 5.88 Å². The Labute approximate surface area is 161 Å². The number of carbonyl (C=O) groups is 2. The van der Waals surface area contributed by atoms with Crippen molar-refractivity contribution < 1.29 is 28.3 Å². The van der Waals surface area contributed by atoms with E-state index in [0.717, 1.165) is 0 Å². The molecule has 9 heteroatoms. The van der Waals surface area contributed by atoms with E-state index in [1.165, 1.54) is 26.2 Å². The molecule has 28 heavy (non-hydrogen) atoms. The van der Waals surface area contributed by atoms with E-state index in [1.807, 2.05) is 6.07 Å². The number of carbonyl (C=O) groups excluding carboxylic acids is 2. The summed E-state index contributed by atoms with van der Waals surface area (Å²) < 4.78 is 20.4. The fourth-order valence-electron chi connectivity index (χ4n) is 2.09. The molecule has 0 bridgehead atoms. The van der Waals surface area contributed by atoms with E-state index in [4.69, 9.17) is 24.0 Å². The van der Waals surface area contributed by atoms with Gasteiger partial charge < -0.3 is 18.7 Å². The topological polar surface area (TPSA) is 124 Å². The number of aryl methyl sites for hydroxylation is 1. The number of esters is 1. The predicted octanol–water partition coefficient (Wildman–Crippen LogP) is 2.48. The van der Waals surface area contributed by atoms with Crippen LogP contribution in [0.15, 0.2) is 34.9 Å². The van der Waals surface area contributed by atoms with Crippen LogP contribution in [0.4, 0.5) is 5.88 Å². The van der Waals surface area contributed by atoms with Gasteiger partial charge in [-0.05, 0) is 37.6 Å². The van der Waals surface area contributed by atoms with E-state index < -0.39 is 18.0 Å². The minimum atomic E-state index is -1.03. The third kappa shape index (κ3) is 5.88. The largest absolute Gasteiger partial charge is 0.493 e. The number of nitrogens with zero attached hydrogens (tertiary/aromatic N) is 2. The van der Waals surface area contributed by atoms with Crippen molar-refractivity contribution in [2.75, 3.05) is 19.0 Å². The Bertz CT molecular complexity index is 913. The summed E-state index contributed by atoms with van der Waals surface area (Å²) >= 11 is 0. The number of methoxy groups -OCH3 is 1. The fourth-order valence-corrected chi connectivity index (χ4v) is 2.09. The first kappa shape index (κ1) is 20.5. The highest BCUT2D eigenvalue weighted by atomic mass is 16.5. The number of nitrogens with one attached hydrogen (secondary N) is 1. The summed E-state index contributed by atoms with van der Waals surface area (Å²) in [6.45, 7) is 3.05. The van der Waals surface area contributed by atoms with Crippen molar-refractivity contribution in [3.05, 3.63) is 41.6 Å². The summed E-state index contributed by atoms with van der Waals surface area (Å²) in [4.78, 5) is 23.9. The summed E-state index contributed by atoms with van der Waals surface area (Å²) in [5.41, 5.74) is 1.26. The molecule has 2 aromatic rings. The lowest BCUT2D eigenvalue weighted by Crippen LogP contribution is -2.29. The van der Waals surface area contributed by atoms with Gasteiger partial charge in [0.05, 0.1) is 12.8 Å². The molecule has 2 rings (SSSR count). The van der Waals surface area contributed by atoms with Gasteiger partial charge in [-0.3, -0.25) is 10.1 Å². The van der Waals surface area contributed by atoms with Gasteiger partial charge >= 0.3 is 5.97 Å². The number of nitriles is 1. The Morgan fingerprint density at radius 3 is 2.79 bits per heavy atom. The number of ether oxygens (including phenoxy) is 3. The van der Waals surface area contributed by atoms with E-state index in [2.05, 4.69) is 10.5 Å². The quantitative estimate of drug-likeness (QED) is 0.543. The molecule has 1 N–H and O–H groups in total. The monoisotopic (exact) mass is 385 g/mol. The lowest BCUT2D eigenvalue weighted by atomic mass is 10.2. The van der Waals surface area contributed by atoms with E-state index in [0.29, 0.717) is 22.8 Å². The molecule has 0 saturated heterocycles. The Morgan fingerprint density at radius 2 is 2.14 bits per heavy atom. The van der Waals surface area contributed by atoms with Crippen LogP contribution >= 0.6 is 0 Å². The first-order valence-electron chi connectivity index (χ1n) is 8.23. The van der Waals surface area contributed by atoms with Gasteiger partial charge in [-0.1, -0.05) is 11.2 Å². The van der Waals surface area contributed by atoms with Gasteiger partial charge in [0.1, 0.15) is 6.07 Å². The molecule has 0 spiro atoms. The number of hydrogen-bond donors (Lipinski definition) is 1. The maximum atomic E-state index is 12.0. The second-order valence-electron chi connectivity index (χ2n) is 5.59. The van der Waals surface area contributed by atoms with Crippen LogP contribution in [-0.2, 0) is 14.3 Å². The van der Waals surface area contributed by atoms with Crippen molar-refractivity contribution >= 4 is 23.8 Å². The van der Waals surface area contributed by atoms with Crippen LogP contribution in [0.1, 0.15) is 18.2 Å². The van der Waals surface area contributed by atoms with Crippen LogP contribution < -0.4 is 14.8 Å². The van der Waals surface area contributed by atoms with E-state index in [-0.39, 0.29) is 12.5 Å². The van der Waals surface area contributed by atoms with E-state index >= 15 is 0 Å². The molecule has 1 aromatic carbocycles. The van der Waals surface area contributed by atoms with Crippen LogP contribution in [-0.4, -0.2) is 36.9 Å². The van der Waals surface area contributed by atoms with E-state index in [1.54, 1.807) is 31.2 Å². The van der Waals surface area contributed by atoms with Crippen molar-refractivity contribution in [3.8, 4) is 17.6 Å². The molecule has 1 unspecified atom stereocenters. The zero-order valence-corrected chi connectivity index (χ0v) is 15.6. The minimum absolute atomic E-state index is 0.106. The molecule has 0 radical (unpaired) electrons. The normalized spacial score (nSPS) is 11.5. The minimum Gasteiger partial charge on any atom is -0.493 e. The number of amides is 1. The molecule has 9 nitrogen and oxygen atoms in total. The summed E-state index contributed by atoms with van der Waals surface area (Å²) in [6, 6.07) is 8.36. The Morgan fingerprint density at radius 1 is 1.36 bits per heavy atom. The molecule has 1 heterocycles. The van der Waals surface area contributed by atoms with Crippen molar-refractivity contribution in [3.63, 3.8) is 0 Å². The van der Waals surface area contributed by atoms with E-state index in [9.17, 15) is 9.59 Å². The summed E-state index contributed by atoms with van der Waals surface area (Å²) in [5.74, 6) is -0.233. The maximum Gasteiger partial charge on any atom is 0.331 e. The Kier molecular flexibility index (Phi) is 7.16. The lowest BCUT2D eigenvalue weighted by molar-refractivity contribution is -0.148. The zero-order valence-electron chi connectivity index (χ0n) is 15.6. The summed E-state index contributed by atoms with van der Waals surface area (Å²) in [5, 5.41) is 14.7. The third-order valence-electron chi connectivity index (χ3n) is 3.43. The Hall–Kier alpha value is -3.80. The van der Waals surface area contributed by atoms with Gasteiger partial charge in [-0.2, -0.15) is 5.26 Å². The zero-order chi connectivity index (χ0) is 20.5. The molecular weight excluding hydrogens is 366 g/mol. The molecule has 0 aliphatic heterocycles. The highest BCUT2D eigenvalue weighted by Crippen LogP contribution is 2.28. The van der Waals surface area contributed by atoms with Crippen molar-refractivity contribution in [1.82, 2.24) is 5.16 Å². The van der Waals surface area contributed by atoms with Gasteiger partial charge in [0, 0.05) is 12.1 Å². The number of anilines is 1. The lowest BCUT2D eigenvalue weighted by Gasteiger charge is -2.10. The molecule has 0 fully saturated rings. The number of hydrogen-bond acceptors (Lipinski definition) is 8. The van der Waals surface area contributed by atoms with Gasteiger partial charge in [-0.15, -0.1) is 0 Å². The highest BCUT2D eigenvalue weighted by molar-refractivity contribution is 5.95. The average Bonchev–Trinajstić information content (AvgIpc) is 3.09. The second kappa shape index (κ2) is 9.78. The first-order valence-corrected chi connectivity index (χ1v) is 8.23. The molecule has 0 aliphatic carbocycles. The highest BCUT2D eigenvalue weighted by Gasteiger charge is 2.18. The molecule has 1 aromatic heterocycles. The van der Waals surface area contributed by atoms with Crippen LogP contribution in [0.2, 0.25) is 0 Å². The number of benzene rings is 1. The molecule has 146 valence electrons. The van der Waals surface area contributed by atoms with Crippen LogP contribution in [0, 0.1) is 18.3 Å². The standard InChI is InChI=1S/C19H19N3O6/c1-12-10-17(28-22-12)21-19(24)13(2)27-18(23)7-5-14-4-6-15(26-9-8-20)16(11-14)25-3/h4-7,10-11,13H,9H2,1-3H3,(H,21,24)/b7-5+. The molecule has 1 atom stereocenters. The van der Waals surface area contributed by atoms with Gasteiger partial charge in [0.25, 0.3) is 5.91 Å². The smallest absolute Gasteiger partial charge is 0.331 e. The number of rotatable bonds is 8. The van der Waals surface area contributed by atoms with Crippen LogP contribution in [0.5, 0.6) is 11.5 Å². The SMILES string of the molecule is COc1cc(/C=C/C(=O)OC(C)C(=O)Nc2cc(C)no2)ccc1OCC#N. The second-order valence-corrected chi connectivity index (χ2v) is 5.59. The molecule has 0 saturated carbocycles. The van der Waals surface area contributed by atoms with Gasteiger partial charge in [0.15, 0.2) is 24.2 Å². The fraction of sp³-hybridized carbons (Fsp3) is 0.263. The summed E-state index contributed by atoms with van der Waals surface area (Å²) in [7, 11) is 1.46. The van der Waals surface area contributed by atoms with Crippen molar-refractivity contribution in [2.24, 2.45) is 0 Å². The van der Waals surface area contributed by atoms with Crippen molar-refractivity contribution in [1.29, 1.82) is 5.26 Å². The van der Waals surface area contributed by atoms with Crippen molar-refractivity contribution in [2.45, 2.75) is 20.0 Å². The molecule has 0 aliphatic rings. The van der Waals surface area contributed by atoms with Gasteiger partial charge in [-0.25, -0.2) is 4.79 Å². The summed E-state index contributed by atoms with van der Waals surface area (Å²) in [6.07, 6.45) is 1.66. The maximum absolute atomic E-state index is 12.0. The van der Waals surface area contributed by atoms with Crippen LogP contribution in [0.3, 0.4) is 0 Å². The molecule has 1 amide bonds. The first-order chi connectivity index (χ1) is 13.4. The van der Waals surface area contributed by atoms with Crippen LogP contribution in [0.25, 0.3) is 6.08 Å². The predicted molar refractivity (Wildman–Crippen MR) is 98.6 cm³/mol.